The quantitative estimate of drug-likeness (QED) is 0.578. The first kappa shape index (κ1) is 25.2. The van der Waals surface area contributed by atoms with E-state index in [0.717, 1.165) is 16.7 Å². The maximum atomic E-state index is 13.3. The van der Waals surface area contributed by atoms with Crippen molar-refractivity contribution in [2.75, 3.05) is 13.2 Å². The summed E-state index contributed by atoms with van der Waals surface area (Å²) in [6.45, 7) is 5.83. The lowest BCUT2D eigenvalue weighted by molar-refractivity contribution is -0.135. The molecule has 0 aromatic heterocycles. The Balaban J connectivity index is 1.72. The Hall–Kier alpha value is -3.39. The van der Waals surface area contributed by atoms with Crippen LogP contribution in [0, 0.1) is 0 Å². The lowest BCUT2D eigenvalue weighted by Crippen LogP contribution is -2.64. The third-order valence-corrected chi connectivity index (χ3v) is 5.67. The second kappa shape index (κ2) is 10.7. The van der Waals surface area contributed by atoms with Crippen LogP contribution in [0.4, 0.5) is 4.79 Å². The van der Waals surface area contributed by atoms with Gasteiger partial charge in [0.2, 0.25) is 11.8 Å². The Bertz CT molecular complexity index is 993. The van der Waals surface area contributed by atoms with E-state index in [4.69, 9.17) is 15.2 Å². The van der Waals surface area contributed by atoms with Crippen LogP contribution in [-0.4, -0.2) is 48.3 Å². The number of primary amides is 1. The maximum absolute atomic E-state index is 13.3. The van der Waals surface area contributed by atoms with Gasteiger partial charge in [-0.15, -0.1) is 0 Å². The van der Waals surface area contributed by atoms with Crippen molar-refractivity contribution in [1.29, 1.82) is 0 Å². The fraction of sp³-hybridized carbons (Fsp3) is 0.423. The fourth-order valence-electron chi connectivity index (χ4n) is 3.85. The zero-order valence-corrected chi connectivity index (χ0v) is 19.9. The molecule has 8 heteroatoms. The molecule has 3 amide bonds. The molecule has 4 N–H and O–H groups in total. The normalized spacial score (nSPS) is 16.2. The highest BCUT2D eigenvalue weighted by atomic mass is 16.6. The third kappa shape index (κ3) is 6.81. The van der Waals surface area contributed by atoms with Gasteiger partial charge in [0.25, 0.3) is 0 Å². The lowest BCUT2D eigenvalue weighted by atomic mass is 9.88. The van der Waals surface area contributed by atoms with Gasteiger partial charge < -0.3 is 25.8 Å². The molecule has 2 aromatic carbocycles. The van der Waals surface area contributed by atoms with Crippen LogP contribution >= 0.6 is 0 Å². The minimum atomic E-state index is -1.24. The average Bonchev–Trinajstić information content (AvgIpc) is 2.79. The fourth-order valence-corrected chi connectivity index (χ4v) is 3.85. The van der Waals surface area contributed by atoms with Crippen LogP contribution in [0.3, 0.4) is 0 Å². The van der Waals surface area contributed by atoms with Crippen molar-refractivity contribution in [1.82, 2.24) is 10.6 Å². The van der Waals surface area contributed by atoms with Gasteiger partial charge in [0.1, 0.15) is 17.2 Å². The van der Waals surface area contributed by atoms with Crippen LogP contribution in [0.2, 0.25) is 0 Å². The van der Waals surface area contributed by atoms with Crippen LogP contribution in [0.5, 0.6) is 0 Å². The summed E-state index contributed by atoms with van der Waals surface area (Å²) in [4.78, 5) is 38.0. The smallest absolute Gasteiger partial charge is 0.408 e. The number of hydrogen-bond acceptors (Lipinski definition) is 5. The predicted octanol–water partition coefficient (Wildman–Crippen LogP) is 2.94. The van der Waals surface area contributed by atoms with E-state index in [1.54, 1.807) is 20.8 Å². The zero-order chi connectivity index (χ0) is 24.8. The topological polar surface area (TPSA) is 120 Å². The molecule has 1 aliphatic heterocycles. The first-order valence-corrected chi connectivity index (χ1v) is 11.4. The molecule has 3 rings (SSSR count). The number of ether oxygens (including phenoxy) is 2. The molecule has 1 fully saturated rings. The van der Waals surface area contributed by atoms with Gasteiger partial charge in [-0.2, -0.15) is 0 Å². The van der Waals surface area contributed by atoms with Crippen molar-refractivity contribution >= 4 is 17.9 Å². The SMILES string of the molecule is CC(C)(C)OC(=O)NC1(C(=O)N[C@@H](Cc2ccc(-c3ccccc3)cc2)C(N)=O)CCOCC1. The minimum absolute atomic E-state index is 0.231. The average molecular weight is 468 g/mol. The first-order valence-electron chi connectivity index (χ1n) is 11.4. The Morgan fingerprint density at radius 2 is 1.59 bits per heavy atom. The molecular formula is C26H33N3O5. The summed E-state index contributed by atoms with van der Waals surface area (Å²) in [5.74, 6) is -1.13. The van der Waals surface area contributed by atoms with E-state index in [-0.39, 0.29) is 19.3 Å². The number of benzene rings is 2. The molecule has 0 bridgehead atoms. The first-order chi connectivity index (χ1) is 16.1. The van der Waals surface area contributed by atoms with Crippen LogP contribution in [0.15, 0.2) is 54.6 Å². The number of rotatable bonds is 7. The Morgan fingerprint density at radius 1 is 1.00 bits per heavy atom. The number of carbonyl (C=O) groups is 3. The van der Waals surface area contributed by atoms with Crippen molar-refractivity contribution in [3.05, 3.63) is 60.2 Å². The van der Waals surface area contributed by atoms with E-state index < -0.39 is 35.1 Å². The van der Waals surface area contributed by atoms with E-state index in [9.17, 15) is 14.4 Å². The molecule has 34 heavy (non-hydrogen) atoms. The van der Waals surface area contributed by atoms with Crippen LogP contribution < -0.4 is 16.4 Å². The highest BCUT2D eigenvalue weighted by Gasteiger charge is 2.43. The van der Waals surface area contributed by atoms with E-state index >= 15 is 0 Å². The maximum Gasteiger partial charge on any atom is 0.408 e. The van der Waals surface area contributed by atoms with Crippen molar-refractivity contribution < 1.29 is 23.9 Å². The van der Waals surface area contributed by atoms with Gasteiger partial charge in [0, 0.05) is 32.5 Å². The van der Waals surface area contributed by atoms with Crippen molar-refractivity contribution in [3.63, 3.8) is 0 Å². The number of nitrogens with two attached hydrogens (primary N) is 1. The van der Waals surface area contributed by atoms with Gasteiger partial charge in [-0.05, 0) is 37.5 Å². The van der Waals surface area contributed by atoms with E-state index in [1.165, 1.54) is 0 Å². The molecule has 1 atom stereocenters. The largest absolute Gasteiger partial charge is 0.444 e. The third-order valence-electron chi connectivity index (χ3n) is 5.67. The monoisotopic (exact) mass is 467 g/mol. The second-order valence-electron chi connectivity index (χ2n) is 9.52. The van der Waals surface area contributed by atoms with Gasteiger partial charge in [0.15, 0.2) is 0 Å². The highest BCUT2D eigenvalue weighted by molar-refractivity contribution is 5.94. The molecule has 0 aliphatic carbocycles. The van der Waals surface area contributed by atoms with E-state index in [0.29, 0.717) is 13.2 Å². The molecule has 0 radical (unpaired) electrons. The molecule has 1 saturated heterocycles. The Labute approximate surface area is 200 Å². The number of carbonyl (C=O) groups excluding carboxylic acids is 3. The van der Waals surface area contributed by atoms with Crippen LogP contribution in [0.1, 0.15) is 39.2 Å². The summed E-state index contributed by atoms with van der Waals surface area (Å²) in [6, 6.07) is 16.8. The van der Waals surface area contributed by atoms with Crippen molar-refractivity contribution in [3.8, 4) is 11.1 Å². The second-order valence-corrected chi connectivity index (χ2v) is 9.52. The zero-order valence-electron chi connectivity index (χ0n) is 19.9. The molecule has 1 aliphatic rings. The van der Waals surface area contributed by atoms with Gasteiger partial charge in [-0.25, -0.2) is 4.79 Å². The summed E-state index contributed by atoms with van der Waals surface area (Å²) in [5.41, 5.74) is 6.65. The Kier molecular flexibility index (Phi) is 7.94. The number of hydrogen-bond donors (Lipinski definition) is 3. The molecule has 1 heterocycles. The van der Waals surface area contributed by atoms with Gasteiger partial charge >= 0.3 is 6.09 Å². The molecule has 2 aromatic rings. The minimum Gasteiger partial charge on any atom is -0.444 e. The molecule has 0 unspecified atom stereocenters. The lowest BCUT2D eigenvalue weighted by Gasteiger charge is -2.37. The summed E-state index contributed by atoms with van der Waals surface area (Å²) >= 11 is 0. The van der Waals surface area contributed by atoms with Crippen molar-refractivity contribution in [2.24, 2.45) is 5.73 Å². The standard InChI is InChI=1S/C26H33N3O5/c1-25(2,3)34-24(32)29-26(13-15-33-16-14-26)23(31)28-21(22(27)30)17-18-9-11-20(12-10-18)19-7-5-4-6-8-19/h4-12,21H,13-17H2,1-3H3,(H2,27,30)(H,28,31)(H,29,32)/t21-/m0/s1. The summed E-state index contributed by atoms with van der Waals surface area (Å²) < 4.78 is 10.7. The van der Waals surface area contributed by atoms with E-state index in [2.05, 4.69) is 10.6 Å². The van der Waals surface area contributed by atoms with Crippen LogP contribution in [-0.2, 0) is 25.5 Å². The predicted molar refractivity (Wildman–Crippen MR) is 129 cm³/mol. The number of alkyl carbamates (subject to hydrolysis) is 1. The molecule has 8 nitrogen and oxygen atoms in total. The highest BCUT2D eigenvalue weighted by Crippen LogP contribution is 2.23. The Morgan fingerprint density at radius 3 is 2.15 bits per heavy atom. The molecule has 0 saturated carbocycles. The summed E-state index contributed by atoms with van der Waals surface area (Å²) in [6.07, 6.45) is 0.0523. The van der Waals surface area contributed by atoms with Gasteiger partial charge in [-0.3, -0.25) is 9.59 Å². The summed E-state index contributed by atoms with van der Waals surface area (Å²) in [7, 11) is 0. The molecule has 0 spiro atoms. The van der Waals surface area contributed by atoms with Crippen LogP contribution in [0.25, 0.3) is 11.1 Å². The number of amides is 3. The van der Waals surface area contributed by atoms with Crippen molar-refractivity contribution in [2.45, 2.75) is 57.2 Å². The summed E-state index contributed by atoms with van der Waals surface area (Å²) in [5, 5.41) is 5.47. The van der Waals surface area contributed by atoms with Gasteiger partial charge in [0.05, 0.1) is 0 Å². The molecular weight excluding hydrogens is 434 g/mol. The number of nitrogens with one attached hydrogen (secondary N) is 2. The molecule has 182 valence electrons. The van der Waals surface area contributed by atoms with Gasteiger partial charge in [-0.1, -0.05) is 54.6 Å². The van der Waals surface area contributed by atoms with E-state index in [1.807, 2.05) is 54.6 Å².